The van der Waals surface area contributed by atoms with Crippen LogP contribution < -0.4 is 9.47 Å². The van der Waals surface area contributed by atoms with Gasteiger partial charge in [-0.3, -0.25) is 9.48 Å². The standard InChI is InChI=1S/C16H17N3O4/c1-18-13-4-5-19(7-11(13)12(8-20)17-18)16(21)10-2-3-14-15(6-10)23-9-22-14/h2-3,6,20H,4-5,7-9H2,1H3. The van der Waals surface area contributed by atoms with E-state index >= 15 is 0 Å². The van der Waals surface area contributed by atoms with Gasteiger partial charge in [0.25, 0.3) is 5.91 Å². The second-order valence-corrected chi connectivity index (χ2v) is 5.70. The van der Waals surface area contributed by atoms with Gasteiger partial charge in [-0.15, -0.1) is 0 Å². The summed E-state index contributed by atoms with van der Waals surface area (Å²) in [6, 6.07) is 5.23. The molecule has 0 bridgehead atoms. The lowest BCUT2D eigenvalue weighted by Crippen LogP contribution is -2.36. The van der Waals surface area contributed by atoms with Gasteiger partial charge >= 0.3 is 0 Å². The zero-order valence-corrected chi connectivity index (χ0v) is 12.8. The van der Waals surface area contributed by atoms with Crippen molar-refractivity contribution < 1.29 is 19.4 Å². The topological polar surface area (TPSA) is 76.8 Å². The molecule has 0 spiro atoms. The van der Waals surface area contributed by atoms with E-state index in [1.54, 1.807) is 27.8 Å². The first-order chi connectivity index (χ1) is 11.2. The third-order valence-corrected chi connectivity index (χ3v) is 4.38. The van der Waals surface area contributed by atoms with Crippen molar-refractivity contribution in [3.8, 4) is 11.5 Å². The van der Waals surface area contributed by atoms with Crippen LogP contribution in [0, 0.1) is 0 Å². The number of hydrogen-bond donors (Lipinski definition) is 1. The monoisotopic (exact) mass is 315 g/mol. The van der Waals surface area contributed by atoms with Gasteiger partial charge in [0.05, 0.1) is 12.3 Å². The van der Waals surface area contributed by atoms with Crippen LogP contribution in [0.4, 0.5) is 0 Å². The van der Waals surface area contributed by atoms with E-state index in [0.717, 1.165) is 17.7 Å². The van der Waals surface area contributed by atoms with Crippen LogP contribution in [-0.2, 0) is 26.6 Å². The van der Waals surface area contributed by atoms with Crippen LogP contribution in [0.5, 0.6) is 11.5 Å². The number of amides is 1. The van der Waals surface area contributed by atoms with Crippen molar-refractivity contribution in [3.05, 3.63) is 40.7 Å². The van der Waals surface area contributed by atoms with Crippen LogP contribution in [0.3, 0.4) is 0 Å². The second-order valence-electron chi connectivity index (χ2n) is 5.70. The highest BCUT2D eigenvalue weighted by molar-refractivity contribution is 5.95. The van der Waals surface area contributed by atoms with Gasteiger partial charge in [0.2, 0.25) is 6.79 Å². The van der Waals surface area contributed by atoms with Crippen LogP contribution >= 0.6 is 0 Å². The summed E-state index contributed by atoms with van der Waals surface area (Å²) in [5, 5.41) is 13.8. The summed E-state index contributed by atoms with van der Waals surface area (Å²) in [5.41, 5.74) is 3.26. The van der Waals surface area contributed by atoms with Gasteiger partial charge in [0.1, 0.15) is 0 Å². The molecule has 1 N–H and O–H groups in total. The van der Waals surface area contributed by atoms with Crippen LogP contribution in [0.15, 0.2) is 18.2 Å². The Morgan fingerprint density at radius 1 is 1.35 bits per heavy atom. The summed E-state index contributed by atoms with van der Waals surface area (Å²) in [6.45, 7) is 1.17. The number of aromatic nitrogens is 2. The Morgan fingerprint density at radius 2 is 2.17 bits per heavy atom. The van der Waals surface area contributed by atoms with Crippen molar-refractivity contribution in [1.29, 1.82) is 0 Å². The van der Waals surface area contributed by atoms with Crippen molar-refractivity contribution in [2.45, 2.75) is 19.6 Å². The average Bonchev–Trinajstić information content (AvgIpc) is 3.17. The molecule has 120 valence electrons. The lowest BCUT2D eigenvalue weighted by Gasteiger charge is -2.27. The largest absolute Gasteiger partial charge is 0.454 e. The molecule has 0 aliphatic carbocycles. The minimum absolute atomic E-state index is 0.0540. The number of ether oxygens (including phenoxy) is 2. The molecule has 2 aliphatic heterocycles. The molecule has 1 aromatic heterocycles. The molecular weight excluding hydrogens is 298 g/mol. The number of benzene rings is 1. The van der Waals surface area contributed by atoms with Crippen LogP contribution in [0.2, 0.25) is 0 Å². The molecule has 1 amide bonds. The van der Waals surface area contributed by atoms with E-state index in [2.05, 4.69) is 5.10 Å². The number of nitrogens with zero attached hydrogens (tertiary/aromatic N) is 3. The summed E-state index contributed by atoms with van der Waals surface area (Å²) >= 11 is 0. The molecule has 0 atom stereocenters. The number of carbonyl (C=O) groups excluding carboxylic acids is 1. The molecule has 2 aromatic rings. The van der Waals surface area contributed by atoms with Gasteiger partial charge in [-0.25, -0.2) is 0 Å². The van der Waals surface area contributed by atoms with Gasteiger partial charge in [-0.1, -0.05) is 0 Å². The van der Waals surface area contributed by atoms with E-state index in [0.29, 0.717) is 35.8 Å². The van der Waals surface area contributed by atoms with Crippen LogP contribution in [-0.4, -0.2) is 39.0 Å². The minimum Gasteiger partial charge on any atom is -0.454 e. The third kappa shape index (κ3) is 2.24. The summed E-state index contributed by atoms with van der Waals surface area (Å²) < 4.78 is 12.4. The van der Waals surface area contributed by atoms with Crippen molar-refractivity contribution in [2.24, 2.45) is 7.05 Å². The first-order valence-corrected chi connectivity index (χ1v) is 7.51. The molecule has 0 radical (unpaired) electrons. The lowest BCUT2D eigenvalue weighted by molar-refractivity contribution is 0.0731. The predicted octanol–water partition coefficient (Wildman–Crippen LogP) is 0.840. The quantitative estimate of drug-likeness (QED) is 0.889. The number of fused-ring (bicyclic) bond motifs is 2. The Kier molecular flexibility index (Phi) is 3.23. The molecule has 0 saturated heterocycles. The maximum absolute atomic E-state index is 12.8. The fourth-order valence-corrected chi connectivity index (χ4v) is 3.18. The summed E-state index contributed by atoms with van der Waals surface area (Å²) in [6.07, 6.45) is 0.731. The van der Waals surface area contributed by atoms with Gasteiger partial charge in [0, 0.05) is 43.4 Å². The van der Waals surface area contributed by atoms with Crippen molar-refractivity contribution >= 4 is 5.91 Å². The molecule has 0 saturated carbocycles. The Bertz CT molecular complexity index is 784. The fourth-order valence-electron chi connectivity index (χ4n) is 3.18. The Balaban J connectivity index is 1.60. The van der Waals surface area contributed by atoms with Gasteiger partial charge < -0.3 is 19.5 Å². The minimum atomic E-state index is -0.116. The zero-order chi connectivity index (χ0) is 16.0. The van der Waals surface area contributed by atoms with E-state index in [9.17, 15) is 9.90 Å². The maximum atomic E-state index is 12.8. The van der Waals surface area contributed by atoms with Crippen molar-refractivity contribution in [2.75, 3.05) is 13.3 Å². The smallest absolute Gasteiger partial charge is 0.254 e. The van der Waals surface area contributed by atoms with Crippen molar-refractivity contribution in [1.82, 2.24) is 14.7 Å². The molecule has 7 nitrogen and oxygen atoms in total. The van der Waals surface area contributed by atoms with E-state index in [1.807, 2.05) is 7.05 Å². The average molecular weight is 315 g/mol. The second kappa shape index (κ2) is 5.27. The number of hydrogen-bond acceptors (Lipinski definition) is 5. The molecule has 4 rings (SSSR count). The van der Waals surface area contributed by atoms with E-state index in [1.165, 1.54) is 0 Å². The number of rotatable bonds is 2. The predicted molar refractivity (Wildman–Crippen MR) is 80.1 cm³/mol. The molecule has 7 heteroatoms. The molecule has 1 aromatic carbocycles. The number of aliphatic hydroxyl groups excluding tert-OH is 1. The molecule has 0 fully saturated rings. The lowest BCUT2D eigenvalue weighted by atomic mass is 10.0. The third-order valence-electron chi connectivity index (χ3n) is 4.38. The Labute approximate surface area is 133 Å². The molecule has 2 aliphatic rings. The highest BCUT2D eigenvalue weighted by Gasteiger charge is 2.27. The number of aliphatic hydroxyl groups is 1. The maximum Gasteiger partial charge on any atom is 0.254 e. The summed E-state index contributed by atoms with van der Waals surface area (Å²) in [7, 11) is 1.87. The molecule has 0 unspecified atom stereocenters. The van der Waals surface area contributed by atoms with Gasteiger partial charge in [-0.2, -0.15) is 5.10 Å². The van der Waals surface area contributed by atoms with Gasteiger partial charge in [0.15, 0.2) is 11.5 Å². The number of aryl methyl sites for hydroxylation is 1. The Morgan fingerprint density at radius 3 is 3.00 bits per heavy atom. The zero-order valence-electron chi connectivity index (χ0n) is 12.8. The van der Waals surface area contributed by atoms with Crippen LogP contribution in [0.1, 0.15) is 27.3 Å². The van der Waals surface area contributed by atoms with Crippen LogP contribution in [0.25, 0.3) is 0 Å². The van der Waals surface area contributed by atoms with E-state index < -0.39 is 0 Å². The Hall–Kier alpha value is -2.54. The number of carbonyl (C=O) groups is 1. The SMILES string of the molecule is Cn1nc(CO)c2c1CCN(C(=O)c1ccc3c(c1)OCO3)C2. The highest BCUT2D eigenvalue weighted by Crippen LogP contribution is 2.33. The normalized spacial score (nSPS) is 15.7. The van der Waals surface area contributed by atoms with Gasteiger partial charge in [-0.05, 0) is 18.2 Å². The van der Waals surface area contributed by atoms with E-state index in [4.69, 9.17) is 9.47 Å². The highest BCUT2D eigenvalue weighted by atomic mass is 16.7. The summed E-state index contributed by atoms with van der Waals surface area (Å²) in [5.74, 6) is 1.21. The first kappa shape index (κ1) is 14.1. The van der Waals surface area contributed by atoms with Crippen molar-refractivity contribution in [3.63, 3.8) is 0 Å². The first-order valence-electron chi connectivity index (χ1n) is 7.51. The molecule has 23 heavy (non-hydrogen) atoms. The molecular formula is C16H17N3O4. The van der Waals surface area contributed by atoms with E-state index in [-0.39, 0.29) is 19.3 Å². The fraction of sp³-hybridized carbons (Fsp3) is 0.375. The molecule has 3 heterocycles. The summed E-state index contributed by atoms with van der Waals surface area (Å²) in [4.78, 5) is 14.5.